The number of aliphatic hydroxyl groups is 1. The molecule has 98 valence electrons. The molecule has 0 spiro atoms. The number of ether oxygens (including phenoxy) is 1. The zero-order chi connectivity index (χ0) is 13.5. The third kappa shape index (κ3) is 4.34. The summed E-state index contributed by atoms with van der Waals surface area (Å²) in [6.07, 6.45) is 2.56. The van der Waals surface area contributed by atoms with Gasteiger partial charge in [-0.3, -0.25) is 4.79 Å². The molecule has 0 heterocycles. The average Bonchev–Trinajstić information content (AvgIpc) is 2.34. The van der Waals surface area contributed by atoms with Gasteiger partial charge in [0.25, 0.3) is 0 Å². The molecule has 0 aliphatic heterocycles. The third-order valence-corrected chi connectivity index (χ3v) is 2.76. The van der Waals surface area contributed by atoms with Gasteiger partial charge in [-0.05, 0) is 17.6 Å². The summed E-state index contributed by atoms with van der Waals surface area (Å²) in [5.41, 5.74) is 1.00. The molecule has 1 aromatic rings. The Morgan fingerprint density at radius 1 is 1.28 bits per heavy atom. The van der Waals surface area contributed by atoms with Gasteiger partial charge in [0, 0.05) is 12.8 Å². The largest absolute Gasteiger partial charge is 0.435 e. The Labute approximate surface area is 108 Å². The Balaban J connectivity index is 2.89. The van der Waals surface area contributed by atoms with Gasteiger partial charge in [-0.25, -0.2) is 0 Å². The van der Waals surface area contributed by atoms with Crippen molar-refractivity contribution < 1.29 is 14.6 Å². The lowest BCUT2D eigenvalue weighted by Gasteiger charge is -2.23. The van der Waals surface area contributed by atoms with Gasteiger partial charge in [0.05, 0.1) is 12.4 Å². The predicted octanol–water partition coefficient (Wildman–Crippen LogP) is 2.86. The Morgan fingerprint density at radius 3 is 2.39 bits per heavy atom. The highest BCUT2D eigenvalue weighted by atomic mass is 16.5. The molecule has 1 aromatic carbocycles. The van der Waals surface area contributed by atoms with Crippen molar-refractivity contribution in [2.75, 3.05) is 0 Å². The third-order valence-electron chi connectivity index (χ3n) is 2.76. The molecule has 18 heavy (non-hydrogen) atoms. The van der Waals surface area contributed by atoms with E-state index >= 15 is 0 Å². The highest BCUT2D eigenvalue weighted by molar-refractivity contribution is 5.66. The molecule has 2 atom stereocenters. The summed E-state index contributed by atoms with van der Waals surface area (Å²) in [4.78, 5) is 10.7. The molecule has 0 saturated carbocycles. The molecule has 0 unspecified atom stereocenters. The fraction of sp³-hybridized carbons (Fsp3) is 0.400. The molecule has 0 aromatic heterocycles. The van der Waals surface area contributed by atoms with Gasteiger partial charge in [0.1, 0.15) is 0 Å². The lowest BCUT2D eigenvalue weighted by Crippen LogP contribution is -2.23. The molecule has 3 nitrogen and oxygen atoms in total. The number of carbonyl (C=O) groups is 1. The van der Waals surface area contributed by atoms with Gasteiger partial charge in [-0.1, -0.05) is 44.2 Å². The second-order valence-electron chi connectivity index (χ2n) is 4.61. The van der Waals surface area contributed by atoms with Gasteiger partial charge >= 0.3 is 5.97 Å². The summed E-state index contributed by atoms with van der Waals surface area (Å²) >= 11 is 0. The maximum atomic E-state index is 10.7. The monoisotopic (exact) mass is 248 g/mol. The number of hydrogen-bond acceptors (Lipinski definition) is 3. The molecular formula is C15H20O3. The number of esters is 1. The Bertz CT molecular complexity index is 395. The van der Waals surface area contributed by atoms with E-state index in [4.69, 9.17) is 4.74 Å². The smallest absolute Gasteiger partial charge is 0.307 e. The number of rotatable bonds is 5. The lowest BCUT2D eigenvalue weighted by atomic mass is 9.87. The van der Waals surface area contributed by atoms with Crippen LogP contribution in [0.2, 0.25) is 0 Å². The first-order valence-corrected chi connectivity index (χ1v) is 6.09. The summed E-state index contributed by atoms with van der Waals surface area (Å²) in [7, 11) is 0. The normalized spacial score (nSPS) is 14.7. The van der Waals surface area contributed by atoms with Crippen LogP contribution in [0.25, 0.3) is 0 Å². The molecule has 0 amide bonds. The topological polar surface area (TPSA) is 46.5 Å². The molecule has 0 saturated heterocycles. The van der Waals surface area contributed by atoms with Crippen LogP contribution in [0.15, 0.2) is 42.7 Å². The number of carbonyl (C=O) groups excluding carboxylic acids is 1. The van der Waals surface area contributed by atoms with Crippen molar-refractivity contribution in [3.8, 4) is 0 Å². The molecule has 0 aliphatic rings. The minimum Gasteiger partial charge on any atom is -0.435 e. The van der Waals surface area contributed by atoms with Crippen molar-refractivity contribution in [1.29, 1.82) is 0 Å². The highest BCUT2D eigenvalue weighted by Crippen LogP contribution is 2.25. The number of aliphatic hydroxyl groups excluding tert-OH is 1. The second-order valence-corrected chi connectivity index (χ2v) is 4.61. The van der Waals surface area contributed by atoms with Crippen LogP contribution in [0.4, 0.5) is 0 Å². The minimum absolute atomic E-state index is 0.122. The van der Waals surface area contributed by atoms with E-state index in [2.05, 4.69) is 0 Å². The first kappa shape index (κ1) is 14.5. The predicted molar refractivity (Wildman–Crippen MR) is 70.9 cm³/mol. The fourth-order valence-corrected chi connectivity index (χ4v) is 1.73. The van der Waals surface area contributed by atoms with E-state index in [1.807, 2.05) is 44.2 Å². The van der Waals surface area contributed by atoms with Gasteiger partial charge in [0.15, 0.2) is 0 Å². The van der Waals surface area contributed by atoms with Crippen molar-refractivity contribution in [3.05, 3.63) is 48.2 Å². The molecule has 3 heteroatoms. The van der Waals surface area contributed by atoms with Crippen molar-refractivity contribution >= 4 is 5.97 Å². The highest BCUT2D eigenvalue weighted by Gasteiger charge is 2.21. The quantitative estimate of drug-likeness (QED) is 0.644. The van der Waals surface area contributed by atoms with E-state index in [1.54, 1.807) is 6.08 Å². The molecular weight excluding hydrogens is 228 g/mol. The van der Waals surface area contributed by atoms with Crippen LogP contribution in [0.3, 0.4) is 0 Å². The van der Waals surface area contributed by atoms with Crippen LogP contribution in [0, 0.1) is 5.92 Å². The number of benzene rings is 1. The van der Waals surface area contributed by atoms with E-state index in [1.165, 1.54) is 13.2 Å². The van der Waals surface area contributed by atoms with Crippen LogP contribution in [0.5, 0.6) is 0 Å². The molecule has 0 aliphatic carbocycles. The van der Waals surface area contributed by atoms with Crippen molar-refractivity contribution in [2.45, 2.75) is 32.8 Å². The first-order valence-electron chi connectivity index (χ1n) is 6.09. The van der Waals surface area contributed by atoms with Crippen LogP contribution >= 0.6 is 0 Å². The SMILES string of the molecule is CC(=O)O/C=C\[C@@H](c1ccccc1)[C@@H](O)C(C)C. The Kier molecular flexibility index (Phi) is 5.59. The summed E-state index contributed by atoms with van der Waals surface area (Å²) in [5, 5.41) is 10.2. The Morgan fingerprint density at radius 2 is 1.89 bits per heavy atom. The van der Waals surface area contributed by atoms with E-state index in [0.29, 0.717) is 0 Å². The fourth-order valence-electron chi connectivity index (χ4n) is 1.73. The van der Waals surface area contributed by atoms with Gasteiger partial charge in [0.2, 0.25) is 0 Å². The summed E-state index contributed by atoms with van der Waals surface area (Å²) in [6, 6.07) is 9.69. The Hall–Kier alpha value is -1.61. The van der Waals surface area contributed by atoms with E-state index in [9.17, 15) is 9.90 Å². The summed E-state index contributed by atoms with van der Waals surface area (Å²) in [5.74, 6) is -0.417. The lowest BCUT2D eigenvalue weighted by molar-refractivity contribution is -0.135. The molecule has 1 rings (SSSR count). The van der Waals surface area contributed by atoms with Crippen LogP contribution < -0.4 is 0 Å². The van der Waals surface area contributed by atoms with Crippen molar-refractivity contribution in [1.82, 2.24) is 0 Å². The standard InChI is InChI=1S/C15H20O3/c1-11(2)15(17)14(9-10-18-12(3)16)13-7-5-4-6-8-13/h4-11,14-15,17H,1-3H3/b10-9-/t14-,15-/m0/s1. The molecule has 0 radical (unpaired) electrons. The minimum atomic E-state index is -0.515. The molecule has 0 fully saturated rings. The maximum Gasteiger partial charge on any atom is 0.307 e. The average molecular weight is 248 g/mol. The van der Waals surface area contributed by atoms with Crippen LogP contribution in [-0.2, 0) is 9.53 Å². The van der Waals surface area contributed by atoms with Crippen LogP contribution in [0.1, 0.15) is 32.3 Å². The van der Waals surface area contributed by atoms with E-state index in [0.717, 1.165) is 5.56 Å². The van der Waals surface area contributed by atoms with Gasteiger partial charge in [-0.2, -0.15) is 0 Å². The number of hydrogen-bond donors (Lipinski definition) is 1. The van der Waals surface area contributed by atoms with Gasteiger partial charge in [-0.15, -0.1) is 0 Å². The maximum absolute atomic E-state index is 10.7. The van der Waals surface area contributed by atoms with Crippen LogP contribution in [-0.4, -0.2) is 17.2 Å². The first-order chi connectivity index (χ1) is 8.52. The van der Waals surface area contributed by atoms with Crippen molar-refractivity contribution in [2.24, 2.45) is 5.92 Å². The molecule has 0 bridgehead atoms. The second kappa shape index (κ2) is 6.97. The molecule has 1 N–H and O–H groups in total. The van der Waals surface area contributed by atoms with E-state index in [-0.39, 0.29) is 17.8 Å². The summed E-state index contributed by atoms with van der Waals surface area (Å²) < 4.78 is 4.79. The summed E-state index contributed by atoms with van der Waals surface area (Å²) in [6.45, 7) is 5.27. The van der Waals surface area contributed by atoms with Gasteiger partial charge < -0.3 is 9.84 Å². The van der Waals surface area contributed by atoms with E-state index < -0.39 is 6.10 Å². The van der Waals surface area contributed by atoms with Crippen molar-refractivity contribution in [3.63, 3.8) is 0 Å². The zero-order valence-corrected chi connectivity index (χ0v) is 11.0. The zero-order valence-electron chi connectivity index (χ0n) is 11.0.